The predicted octanol–water partition coefficient (Wildman–Crippen LogP) is 5.67. The lowest BCUT2D eigenvalue weighted by Gasteiger charge is -2.40. The number of carbonyl (C=O) groups excluding carboxylic acids is 1. The van der Waals surface area contributed by atoms with Gasteiger partial charge in [0, 0.05) is 12.1 Å². The highest BCUT2D eigenvalue weighted by atomic mass is 16.1. The van der Waals surface area contributed by atoms with Crippen molar-refractivity contribution in [3.63, 3.8) is 0 Å². The number of benzene rings is 3. The Morgan fingerprint density at radius 1 is 0.828 bits per heavy atom. The van der Waals surface area contributed by atoms with Gasteiger partial charge in [0.25, 0.3) is 0 Å². The minimum absolute atomic E-state index is 0.0800. The van der Waals surface area contributed by atoms with Crippen molar-refractivity contribution >= 4 is 5.78 Å². The minimum Gasteiger partial charge on any atom is -0.309 e. The normalized spacial score (nSPS) is 12.8. The van der Waals surface area contributed by atoms with Gasteiger partial charge in [-0.3, -0.25) is 4.79 Å². The van der Waals surface area contributed by atoms with Gasteiger partial charge in [0.05, 0.1) is 5.41 Å². The first-order valence-electron chi connectivity index (χ1n) is 10.2. The molecule has 0 heterocycles. The Labute approximate surface area is 175 Å². The molecule has 0 aliphatic carbocycles. The minimum atomic E-state index is -0.755. The van der Waals surface area contributed by atoms with Crippen LogP contribution in [0.25, 0.3) is 0 Å². The second-order valence-electron chi connectivity index (χ2n) is 8.33. The topological polar surface area (TPSA) is 20.3 Å². The molecule has 0 aliphatic heterocycles. The molecule has 0 bridgehead atoms. The first kappa shape index (κ1) is 21.0. The maximum atomic E-state index is 14.3. The fraction of sp³-hybridized carbons (Fsp3) is 0.296. The quantitative estimate of drug-likeness (QED) is 0.488. The van der Waals surface area contributed by atoms with E-state index in [0.29, 0.717) is 0 Å². The lowest BCUT2D eigenvalue weighted by Crippen LogP contribution is -2.46. The highest BCUT2D eigenvalue weighted by Gasteiger charge is 2.46. The third kappa shape index (κ3) is 4.04. The SMILES string of the molecule is Cc1ccc(C(=O)C(c2ccccc2)(c2ccccc2)[C@H](C)CN(C)C)cc1C. The molecule has 29 heavy (non-hydrogen) atoms. The third-order valence-corrected chi connectivity index (χ3v) is 5.96. The smallest absolute Gasteiger partial charge is 0.178 e. The van der Waals surface area contributed by atoms with E-state index in [4.69, 9.17) is 0 Å². The van der Waals surface area contributed by atoms with Crippen molar-refractivity contribution in [3.05, 3.63) is 107 Å². The van der Waals surface area contributed by atoms with Crippen molar-refractivity contribution in [1.82, 2.24) is 4.90 Å². The van der Waals surface area contributed by atoms with Gasteiger partial charge in [-0.2, -0.15) is 0 Å². The van der Waals surface area contributed by atoms with Crippen LogP contribution >= 0.6 is 0 Å². The van der Waals surface area contributed by atoms with Crippen LogP contribution in [0, 0.1) is 19.8 Å². The number of rotatable bonds is 7. The second kappa shape index (κ2) is 8.75. The number of hydrogen-bond acceptors (Lipinski definition) is 2. The molecule has 0 radical (unpaired) electrons. The number of hydrogen-bond donors (Lipinski definition) is 0. The summed E-state index contributed by atoms with van der Waals surface area (Å²) in [5.41, 5.74) is 4.45. The van der Waals surface area contributed by atoms with Gasteiger partial charge >= 0.3 is 0 Å². The molecule has 3 rings (SSSR count). The van der Waals surface area contributed by atoms with Crippen LogP contribution in [0.3, 0.4) is 0 Å². The molecule has 0 saturated carbocycles. The van der Waals surface area contributed by atoms with Crippen LogP contribution in [0.1, 0.15) is 39.5 Å². The van der Waals surface area contributed by atoms with E-state index >= 15 is 0 Å². The van der Waals surface area contributed by atoms with Gasteiger partial charge in [-0.15, -0.1) is 0 Å². The zero-order valence-corrected chi connectivity index (χ0v) is 18.1. The molecule has 0 amide bonds. The van der Waals surface area contributed by atoms with Gasteiger partial charge < -0.3 is 4.90 Å². The van der Waals surface area contributed by atoms with Crippen LogP contribution in [0.5, 0.6) is 0 Å². The Morgan fingerprint density at radius 3 is 1.79 bits per heavy atom. The van der Waals surface area contributed by atoms with Crippen molar-refractivity contribution in [1.29, 1.82) is 0 Å². The molecule has 3 aromatic carbocycles. The maximum absolute atomic E-state index is 14.3. The summed E-state index contributed by atoms with van der Waals surface area (Å²) >= 11 is 0. The van der Waals surface area contributed by atoms with Crippen LogP contribution < -0.4 is 0 Å². The van der Waals surface area contributed by atoms with Gasteiger partial charge in [-0.05, 0) is 62.2 Å². The third-order valence-electron chi connectivity index (χ3n) is 5.96. The molecular formula is C27H31NO. The highest BCUT2D eigenvalue weighted by molar-refractivity contribution is 6.07. The first-order chi connectivity index (χ1) is 13.9. The van der Waals surface area contributed by atoms with Gasteiger partial charge in [-0.25, -0.2) is 0 Å². The lowest BCUT2D eigenvalue weighted by molar-refractivity contribution is 0.0851. The van der Waals surface area contributed by atoms with E-state index in [-0.39, 0.29) is 11.7 Å². The van der Waals surface area contributed by atoms with Crippen molar-refractivity contribution in [2.45, 2.75) is 26.2 Å². The molecule has 1 atom stereocenters. The molecule has 150 valence electrons. The molecule has 0 unspecified atom stereocenters. The van der Waals surface area contributed by atoms with Gasteiger partial charge in [-0.1, -0.05) is 79.7 Å². The van der Waals surface area contributed by atoms with E-state index in [1.54, 1.807) is 0 Å². The van der Waals surface area contributed by atoms with Gasteiger partial charge in [0.2, 0.25) is 0 Å². The first-order valence-corrected chi connectivity index (χ1v) is 10.2. The Kier molecular flexibility index (Phi) is 6.34. The number of aryl methyl sites for hydroxylation is 2. The van der Waals surface area contributed by atoms with Crippen LogP contribution in [0.2, 0.25) is 0 Å². The molecule has 0 aromatic heterocycles. The van der Waals surface area contributed by atoms with Crippen LogP contribution in [-0.4, -0.2) is 31.3 Å². The van der Waals surface area contributed by atoms with Crippen molar-refractivity contribution in [2.24, 2.45) is 5.92 Å². The van der Waals surface area contributed by atoms with E-state index in [2.05, 4.69) is 70.1 Å². The van der Waals surface area contributed by atoms with E-state index < -0.39 is 5.41 Å². The zero-order valence-electron chi connectivity index (χ0n) is 18.1. The molecule has 3 aromatic rings. The maximum Gasteiger partial charge on any atom is 0.178 e. The fourth-order valence-corrected chi connectivity index (χ4v) is 4.42. The number of nitrogens with zero attached hydrogens (tertiary/aromatic N) is 1. The molecule has 2 nitrogen and oxygen atoms in total. The fourth-order valence-electron chi connectivity index (χ4n) is 4.42. The Hall–Kier alpha value is -2.71. The van der Waals surface area contributed by atoms with Crippen molar-refractivity contribution in [3.8, 4) is 0 Å². The van der Waals surface area contributed by atoms with E-state index in [9.17, 15) is 4.79 Å². The largest absolute Gasteiger partial charge is 0.309 e. The monoisotopic (exact) mass is 385 g/mol. The summed E-state index contributed by atoms with van der Waals surface area (Å²) in [6.07, 6.45) is 0. The van der Waals surface area contributed by atoms with Crippen LogP contribution in [0.4, 0.5) is 0 Å². The molecule has 0 fully saturated rings. The van der Waals surface area contributed by atoms with E-state index in [1.165, 1.54) is 5.56 Å². The molecule has 0 spiro atoms. The summed E-state index contributed by atoms with van der Waals surface area (Å²) in [5.74, 6) is 0.240. The predicted molar refractivity (Wildman–Crippen MR) is 122 cm³/mol. The Balaban J connectivity index is 2.31. The summed E-state index contributed by atoms with van der Waals surface area (Å²) < 4.78 is 0. The van der Waals surface area contributed by atoms with E-state index in [0.717, 1.165) is 28.8 Å². The number of Topliss-reactive ketones (excluding diaryl/α,β-unsaturated/α-hetero) is 1. The van der Waals surface area contributed by atoms with Crippen LogP contribution in [0.15, 0.2) is 78.9 Å². The Morgan fingerprint density at radius 2 is 1.34 bits per heavy atom. The van der Waals surface area contributed by atoms with Gasteiger partial charge in [0.15, 0.2) is 5.78 Å². The second-order valence-corrected chi connectivity index (χ2v) is 8.33. The Bertz CT molecular complexity index is 921. The molecular weight excluding hydrogens is 354 g/mol. The summed E-state index contributed by atoms with van der Waals surface area (Å²) in [6, 6.07) is 26.6. The number of ketones is 1. The molecule has 2 heteroatoms. The zero-order chi connectivity index (χ0) is 21.0. The average molecular weight is 386 g/mol. The van der Waals surface area contributed by atoms with Crippen molar-refractivity contribution < 1.29 is 4.79 Å². The highest BCUT2D eigenvalue weighted by Crippen LogP contribution is 2.42. The van der Waals surface area contributed by atoms with Crippen LogP contribution in [-0.2, 0) is 5.41 Å². The van der Waals surface area contributed by atoms with E-state index in [1.807, 2.05) is 48.5 Å². The molecule has 0 saturated heterocycles. The summed E-state index contributed by atoms with van der Waals surface area (Å²) in [7, 11) is 4.13. The van der Waals surface area contributed by atoms with Crippen molar-refractivity contribution in [2.75, 3.05) is 20.6 Å². The lowest BCUT2D eigenvalue weighted by atomic mass is 9.62. The summed E-state index contributed by atoms with van der Waals surface area (Å²) in [5, 5.41) is 0. The summed E-state index contributed by atoms with van der Waals surface area (Å²) in [6.45, 7) is 7.15. The number of carbonyl (C=O) groups is 1. The average Bonchev–Trinajstić information content (AvgIpc) is 2.71. The standard InChI is InChI=1S/C27H31NO/c1-20-16-17-23(18-21(20)2)26(29)27(22(3)19-28(4)5,24-12-8-6-9-13-24)25-14-10-7-11-15-25/h6-18,22H,19H2,1-5H3/t22-/m1/s1. The molecule has 0 N–H and O–H groups in total. The summed E-state index contributed by atoms with van der Waals surface area (Å²) in [4.78, 5) is 16.5. The van der Waals surface area contributed by atoms with Gasteiger partial charge in [0.1, 0.15) is 0 Å². The molecule has 0 aliphatic rings.